The molecule has 0 atom stereocenters. The van der Waals surface area contributed by atoms with Crippen molar-refractivity contribution in [3.05, 3.63) is 93.8 Å². The molecule has 5 rings (SSSR count). The van der Waals surface area contributed by atoms with Crippen LogP contribution in [0.3, 0.4) is 0 Å². The van der Waals surface area contributed by atoms with Crippen molar-refractivity contribution in [3.63, 3.8) is 0 Å². The molecule has 250 valence electrons. The van der Waals surface area contributed by atoms with Crippen LogP contribution in [0.4, 0.5) is 21.9 Å². The lowest BCUT2D eigenvalue weighted by atomic mass is 10.1. The highest BCUT2D eigenvalue weighted by molar-refractivity contribution is 6.00. The topological polar surface area (TPSA) is 186 Å². The highest BCUT2D eigenvalue weighted by Gasteiger charge is 2.20. The van der Waals surface area contributed by atoms with Gasteiger partial charge in [-0.25, -0.2) is 15.0 Å². The number of hydrogen-bond donors (Lipinski definition) is 5. The van der Waals surface area contributed by atoms with E-state index in [1.165, 1.54) is 18.3 Å². The van der Waals surface area contributed by atoms with Crippen molar-refractivity contribution in [2.45, 2.75) is 6.92 Å². The van der Waals surface area contributed by atoms with Crippen LogP contribution in [0, 0.1) is 6.92 Å². The summed E-state index contributed by atoms with van der Waals surface area (Å²) in [4.78, 5) is 63.6. The number of carbonyl (C=O) groups is 4. The number of fused-ring (bicyclic) bond motifs is 1. The number of urea groups is 1. The van der Waals surface area contributed by atoms with Crippen molar-refractivity contribution >= 4 is 70.8 Å². The number of halogens is 1. The molecule has 4 aromatic rings. The fourth-order valence-electron chi connectivity index (χ4n) is 4.97. The molecule has 14 nitrogen and oxygen atoms in total. The fraction of sp³-hybridized carbons (Fsp3) is 0.212. The minimum Gasteiger partial charge on any atom is -0.507 e. The molecule has 1 aliphatic rings. The maximum absolute atomic E-state index is 12.6. The molecule has 1 saturated heterocycles. The maximum Gasteiger partial charge on any atom is 0.336 e. The molecule has 1 fully saturated rings. The van der Waals surface area contributed by atoms with Gasteiger partial charge in [-0.15, -0.1) is 12.4 Å². The van der Waals surface area contributed by atoms with E-state index in [0.717, 1.165) is 6.29 Å². The second-order valence-corrected chi connectivity index (χ2v) is 10.9. The van der Waals surface area contributed by atoms with Crippen molar-refractivity contribution in [1.29, 1.82) is 0 Å². The first-order chi connectivity index (χ1) is 22.6. The molecule has 5 N–H and O–H groups in total. The van der Waals surface area contributed by atoms with Crippen LogP contribution in [-0.4, -0.2) is 84.5 Å². The normalized spacial score (nSPS) is 13.4. The van der Waals surface area contributed by atoms with E-state index in [2.05, 4.69) is 26.5 Å². The molecule has 3 aromatic carbocycles. The van der Waals surface area contributed by atoms with Crippen molar-refractivity contribution < 1.29 is 28.7 Å². The van der Waals surface area contributed by atoms with Crippen LogP contribution in [0.5, 0.6) is 5.75 Å². The molecule has 48 heavy (non-hydrogen) atoms. The molecule has 0 unspecified atom stereocenters. The monoisotopic (exact) mass is 675 g/mol. The Kier molecular flexibility index (Phi) is 12.0. The lowest BCUT2D eigenvalue weighted by molar-refractivity contribution is -0.123. The number of nitrogens with zero attached hydrogens (tertiary/aromatic N) is 3. The highest BCUT2D eigenvalue weighted by Crippen LogP contribution is 2.25. The van der Waals surface area contributed by atoms with E-state index in [1.807, 2.05) is 9.80 Å². The summed E-state index contributed by atoms with van der Waals surface area (Å²) in [6.07, 6.45) is 2.05. The standard InChI is InChI=1S/C33H33N7O7.ClH/c1-21-14-32(45)47-29-16-28(42)23(15-27(21)29)17-34-38-31(44)19-40-12-10-39(11-13-40)18-30(43)35-24-6-8-26(9-7-24)37-33(46)36-25-4-2-22(20-41)3-5-25;/h2-9,14-17,20,42H,10-13,18-19H2,1H3,(H,35,43)(H,38,44)(H2,36,37,46);1H. The minimum atomic E-state index is -0.505. The quantitative estimate of drug-likeness (QED) is 0.0727. The van der Waals surface area contributed by atoms with Gasteiger partial charge in [-0.3, -0.25) is 24.2 Å². The van der Waals surface area contributed by atoms with Crippen molar-refractivity contribution in [2.75, 3.05) is 55.2 Å². The van der Waals surface area contributed by atoms with Crippen LogP contribution in [0.25, 0.3) is 11.0 Å². The first-order valence-corrected chi connectivity index (χ1v) is 14.7. The Morgan fingerprint density at radius 1 is 0.833 bits per heavy atom. The molecule has 0 spiro atoms. The van der Waals surface area contributed by atoms with Gasteiger partial charge >= 0.3 is 11.7 Å². The van der Waals surface area contributed by atoms with E-state index < -0.39 is 11.7 Å². The summed E-state index contributed by atoms with van der Waals surface area (Å²) in [5.74, 6) is -0.644. The Balaban J connectivity index is 0.00000520. The van der Waals surface area contributed by atoms with Gasteiger partial charge in [0.15, 0.2) is 0 Å². The number of phenolic OH excluding ortho intramolecular Hbond substituents is 1. The van der Waals surface area contributed by atoms with Crippen LogP contribution in [0.2, 0.25) is 0 Å². The number of anilines is 3. The Hall–Kier alpha value is -5.57. The Morgan fingerprint density at radius 3 is 1.96 bits per heavy atom. The van der Waals surface area contributed by atoms with E-state index in [4.69, 9.17) is 4.42 Å². The molecular weight excluding hydrogens is 642 g/mol. The highest BCUT2D eigenvalue weighted by atomic mass is 35.5. The van der Waals surface area contributed by atoms with Gasteiger partial charge in [-0.1, -0.05) is 0 Å². The molecule has 0 saturated carbocycles. The number of rotatable bonds is 10. The summed E-state index contributed by atoms with van der Waals surface area (Å²) in [5.41, 5.74) is 5.45. The second kappa shape index (κ2) is 16.3. The fourth-order valence-corrected chi connectivity index (χ4v) is 4.97. The van der Waals surface area contributed by atoms with E-state index in [0.29, 0.717) is 65.3 Å². The van der Waals surface area contributed by atoms with Crippen LogP contribution in [0.15, 0.2) is 81.0 Å². The molecular formula is C33H34ClN7O7. The summed E-state index contributed by atoms with van der Waals surface area (Å²) in [5, 5.41) is 23.1. The molecule has 2 heterocycles. The zero-order valence-electron chi connectivity index (χ0n) is 25.9. The number of benzene rings is 3. The van der Waals surface area contributed by atoms with Gasteiger partial charge in [0.1, 0.15) is 17.6 Å². The second-order valence-electron chi connectivity index (χ2n) is 10.9. The number of piperazine rings is 1. The van der Waals surface area contributed by atoms with Crippen LogP contribution in [0.1, 0.15) is 21.5 Å². The van der Waals surface area contributed by atoms with E-state index in [-0.39, 0.29) is 48.6 Å². The molecule has 1 aromatic heterocycles. The van der Waals surface area contributed by atoms with Crippen molar-refractivity contribution in [1.82, 2.24) is 15.2 Å². The smallest absolute Gasteiger partial charge is 0.336 e. The lowest BCUT2D eigenvalue weighted by Gasteiger charge is -2.33. The number of carbonyl (C=O) groups excluding carboxylic acids is 4. The van der Waals surface area contributed by atoms with Crippen molar-refractivity contribution in [3.8, 4) is 5.75 Å². The zero-order chi connectivity index (χ0) is 33.3. The third kappa shape index (κ3) is 9.72. The molecule has 4 amide bonds. The molecule has 15 heteroatoms. The van der Waals surface area contributed by atoms with E-state index in [1.54, 1.807) is 61.5 Å². The van der Waals surface area contributed by atoms with Crippen LogP contribution < -0.4 is 27.0 Å². The summed E-state index contributed by atoms with van der Waals surface area (Å²) in [6.45, 7) is 4.44. The number of phenols is 1. The van der Waals surface area contributed by atoms with E-state index in [9.17, 15) is 29.1 Å². The first kappa shape index (κ1) is 35.3. The summed E-state index contributed by atoms with van der Waals surface area (Å²) >= 11 is 0. The minimum absolute atomic E-state index is 0. The Morgan fingerprint density at radius 2 is 1.38 bits per heavy atom. The zero-order valence-corrected chi connectivity index (χ0v) is 26.7. The van der Waals surface area contributed by atoms with Gasteiger partial charge in [0.2, 0.25) is 5.91 Å². The lowest BCUT2D eigenvalue weighted by Crippen LogP contribution is -2.50. The first-order valence-electron chi connectivity index (χ1n) is 14.7. The van der Waals surface area contributed by atoms with Crippen LogP contribution in [-0.2, 0) is 9.59 Å². The third-order valence-corrected chi connectivity index (χ3v) is 7.42. The number of aromatic hydroxyl groups is 1. The average Bonchev–Trinajstić information content (AvgIpc) is 3.03. The number of hydrazone groups is 1. The maximum atomic E-state index is 12.6. The van der Waals surface area contributed by atoms with Gasteiger partial charge in [-0.05, 0) is 67.1 Å². The van der Waals surface area contributed by atoms with Crippen LogP contribution >= 0.6 is 12.4 Å². The number of aldehydes is 1. The SMILES string of the molecule is Cc1cc(=O)oc2cc(O)c(C=NNC(=O)CN3CCN(CC(=O)Nc4ccc(NC(=O)Nc5ccc(C=O)cc5)cc4)CC3)cc12.Cl. The van der Waals surface area contributed by atoms with Gasteiger partial charge in [0.25, 0.3) is 5.91 Å². The summed E-state index contributed by atoms with van der Waals surface area (Å²) in [6, 6.07) is 17.1. The summed E-state index contributed by atoms with van der Waals surface area (Å²) < 4.78 is 5.11. The van der Waals surface area contributed by atoms with Gasteiger partial charge in [0.05, 0.1) is 19.3 Å². The Bertz CT molecular complexity index is 1870. The van der Waals surface area contributed by atoms with E-state index >= 15 is 0 Å². The average molecular weight is 676 g/mol. The predicted octanol–water partition coefficient (Wildman–Crippen LogP) is 3.39. The molecule has 0 aliphatic carbocycles. The third-order valence-electron chi connectivity index (χ3n) is 7.42. The molecule has 1 aliphatic heterocycles. The predicted molar refractivity (Wildman–Crippen MR) is 184 cm³/mol. The van der Waals surface area contributed by atoms with Gasteiger partial charge in [-0.2, -0.15) is 5.10 Å². The van der Waals surface area contributed by atoms with Crippen molar-refractivity contribution in [2.24, 2.45) is 5.10 Å². The number of hydrogen-bond acceptors (Lipinski definition) is 10. The molecule has 0 bridgehead atoms. The van der Waals surface area contributed by atoms with Gasteiger partial charge < -0.3 is 25.5 Å². The largest absolute Gasteiger partial charge is 0.507 e. The van der Waals surface area contributed by atoms with Gasteiger partial charge in [0, 0.05) is 71.9 Å². The summed E-state index contributed by atoms with van der Waals surface area (Å²) in [7, 11) is 0. The molecule has 0 radical (unpaired) electrons. The number of aryl methyl sites for hydroxylation is 1. The number of nitrogens with one attached hydrogen (secondary N) is 4. The number of amides is 4. The Labute approximate surface area is 281 Å².